The number of hydrogen-bond donors (Lipinski definition) is 1. The molecule has 18 heavy (non-hydrogen) atoms. The Morgan fingerprint density at radius 2 is 2.06 bits per heavy atom. The largest absolute Gasteiger partial charge is 0.478 e. The zero-order valence-electron chi connectivity index (χ0n) is 11.0. The Bertz CT molecular complexity index is 421. The maximum absolute atomic E-state index is 11.9. The summed E-state index contributed by atoms with van der Waals surface area (Å²) in [5.41, 5.74) is -0.153. The van der Waals surface area contributed by atoms with Crippen LogP contribution in [0.5, 0.6) is 0 Å². The van der Waals surface area contributed by atoms with E-state index in [1.54, 1.807) is 11.0 Å². The van der Waals surface area contributed by atoms with Gasteiger partial charge >= 0.3 is 12.1 Å². The van der Waals surface area contributed by atoms with Crippen molar-refractivity contribution in [1.29, 1.82) is 0 Å². The monoisotopic (exact) mass is 253 g/mol. The van der Waals surface area contributed by atoms with Gasteiger partial charge in [0.2, 0.25) is 0 Å². The van der Waals surface area contributed by atoms with Crippen molar-refractivity contribution in [2.45, 2.75) is 39.2 Å². The van der Waals surface area contributed by atoms with Crippen LogP contribution in [-0.2, 0) is 9.53 Å². The number of likely N-dealkylation sites (tertiary alicyclic amines) is 1. The first-order valence-electron chi connectivity index (χ1n) is 6.14. The Kier molecular flexibility index (Phi) is 2.87. The second-order valence-electron chi connectivity index (χ2n) is 6.17. The SMILES string of the molecule is CC(C)(C)OC(=O)N1CCC2(C=C(C(=O)O)C2)C1. The quantitative estimate of drug-likeness (QED) is 0.776. The zero-order chi connectivity index (χ0) is 13.6. The van der Waals surface area contributed by atoms with Crippen LogP contribution in [-0.4, -0.2) is 40.8 Å². The molecule has 2 rings (SSSR count). The fourth-order valence-electron chi connectivity index (χ4n) is 2.50. The van der Waals surface area contributed by atoms with Crippen LogP contribution in [0.15, 0.2) is 11.6 Å². The minimum absolute atomic E-state index is 0.120. The fourth-order valence-corrected chi connectivity index (χ4v) is 2.50. The van der Waals surface area contributed by atoms with Gasteiger partial charge in [-0.1, -0.05) is 6.08 Å². The van der Waals surface area contributed by atoms with E-state index in [1.165, 1.54) is 0 Å². The van der Waals surface area contributed by atoms with Crippen LogP contribution in [0.4, 0.5) is 4.79 Å². The normalized spacial score (nSPS) is 26.8. The lowest BCUT2D eigenvalue weighted by atomic mass is 9.70. The highest BCUT2D eigenvalue weighted by Crippen LogP contribution is 2.46. The number of nitrogens with zero attached hydrogens (tertiary/aromatic N) is 1. The molecule has 1 N–H and O–H groups in total. The number of amides is 1. The molecule has 1 fully saturated rings. The molecule has 1 saturated heterocycles. The third kappa shape index (κ3) is 2.49. The molecular formula is C13H19NO4. The third-order valence-corrected chi connectivity index (χ3v) is 3.33. The van der Waals surface area contributed by atoms with Gasteiger partial charge in [0.25, 0.3) is 0 Å². The maximum Gasteiger partial charge on any atom is 0.410 e. The van der Waals surface area contributed by atoms with Crippen molar-refractivity contribution in [1.82, 2.24) is 4.90 Å². The first-order chi connectivity index (χ1) is 8.21. The Morgan fingerprint density at radius 1 is 1.44 bits per heavy atom. The van der Waals surface area contributed by atoms with Crippen molar-refractivity contribution in [3.8, 4) is 0 Å². The van der Waals surface area contributed by atoms with Gasteiger partial charge in [-0.05, 0) is 33.6 Å². The van der Waals surface area contributed by atoms with E-state index in [4.69, 9.17) is 9.84 Å². The van der Waals surface area contributed by atoms with Gasteiger partial charge in [-0.3, -0.25) is 0 Å². The predicted octanol–water partition coefficient (Wildman–Crippen LogP) is 2.03. The van der Waals surface area contributed by atoms with E-state index in [1.807, 2.05) is 20.8 Å². The van der Waals surface area contributed by atoms with Crippen LogP contribution in [0.1, 0.15) is 33.6 Å². The first-order valence-corrected chi connectivity index (χ1v) is 6.14. The molecule has 1 spiro atoms. The van der Waals surface area contributed by atoms with Crippen LogP contribution in [0.25, 0.3) is 0 Å². The number of carboxylic acid groups (broad SMARTS) is 1. The summed E-state index contributed by atoms with van der Waals surface area (Å²) in [5.74, 6) is -0.851. The fraction of sp³-hybridized carbons (Fsp3) is 0.692. The molecule has 100 valence electrons. The van der Waals surface area contributed by atoms with Crippen LogP contribution in [0, 0.1) is 5.41 Å². The number of aliphatic carboxylic acids is 1. The second kappa shape index (κ2) is 4.00. The summed E-state index contributed by atoms with van der Waals surface area (Å²) in [6.45, 7) is 6.71. The minimum atomic E-state index is -0.851. The Labute approximate surface area is 106 Å². The van der Waals surface area contributed by atoms with Gasteiger partial charge in [-0.25, -0.2) is 9.59 Å². The van der Waals surface area contributed by atoms with Crippen molar-refractivity contribution in [3.05, 3.63) is 11.6 Å². The number of carboxylic acids is 1. The number of ether oxygens (including phenoxy) is 1. The van der Waals surface area contributed by atoms with E-state index >= 15 is 0 Å². The lowest BCUT2D eigenvalue weighted by molar-refractivity contribution is -0.133. The standard InChI is InChI=1S/C13H19NO4/c1-12(2,3)18-11(17)14-5-4-13(8-14)6-9(7-13)10(15)16/h6H,4-5,7-8H2,1-3H3,(H,15,16). The van der Waals surface area contributed by atoms with Gasteiger partial charge in [0.1, 0.15) is 5.60 Å². The smallest absolute Gasteiger partial charge is 0.410 e. The number of carbonyl (C=O) groups is 2. The zero-order valence-corrected chi connectivity index (χ0v) is 11.0. The van der Waals surface area contributed by atoms with Gasteiger partial charge in [-0.15, -0.1) is 0 Å². The summed E-state index contributed by atoms with van der Waals surface area (Å²) >= 11 is 0. The summed E-state index contributed by atoms with van der Waals surface area (Å²) < 4.78 is 5.31. The van der Waals surface area contributed by atoms with Gasteiger partial charge in [0.15, 0.2) is 0 Å². The molecular weight excluding hydrogens is 234 g/mol. The molecule has 1 aliphatic carbocycles. The molecule has 5 heteroatoms. The van der Waals surface area contributed by atoms with Gasteiger partial charge in [-0.2, -0.15) is 0 Å². The van der Waals surface area contributed by atoms with Crippen molar-refractivity contribution >= 4 is 12.1 Å². The van der Waals surface area contributed by atoms with Gasteiger partial charge < -0.3 is 14.7 Å². The summed E-state index contributed by atoms with van der Waals surface area (Å²) in [4.78, 5) is 24.3. The van der Waals surface area contributed by atoms with Crippen molar-refractivity contribution < 1.29 is 19.4 Å². The highest BCUT2D eigenvalue weighted by atomic mass is 16.6. The minimum Gasteiger partial charge on any atom is -0.478 e. The molecule has 0 radical (unpaired) electrons. The first kappa shape index (κ1) is 12.9. The van der Waals surface area contributed by atoms with Gasteiger partial charge in [0, 0.05) is 24.1 Å². The molecule has 0 saturated carbocycles. The molecule has 1 atom stereocenters. The molecule has 0 aromatic carbocycles. The average molecular weight is 253 g/mol. The van der Waals surface area contributed by atoms with E-state index in [9.17, 15) is 9.59 Å². The molecule has 0 aromatic rings. The summed E-state index contributed by atoms with van der Waals surface area (Å²) in [5, 5.41) is 8.83. The second-order valence-corrected chi connectivity index (χ2v) is 6.17. The molecule has 1 amide bonds. The van der Waals surface area contributed by atoms with E-state index < -0.39 is 11.6 Å². The van der Waals surface area contributed by atoms with Crippen LogP contribution in [0.2, 0.25) is 0 Å². The Morgan fingerprint density at radius 3 is 2.56 bits per heavy atom. The van der Waals surface area contributed by atoms with Crippen molar-refractivity contribution in [2.75, 3.05) is 13.1 Å². The average Bonchev–Trinajstić information content (AvgIpc) is 2.56. The molecule has 0 aromatic heterocycles. The summed E-state index contributed by atoms with van der Waals surface area (Å²) in [6, 6.07) is 0. The highest BCUT2D eigenvalue weighted by Gasteiger charge is 2.46. The van der Waals surface area contributed by atoms with Gasteiger partial charge in [0.05, 0.1) is 0 Å². The van der Waals surface area contributed by atoms with Crippen molar-refractivity contribution in [3.63, 3.8) is 0 Å². The molecule has 1 unspecified atom stereocenters. The summed E-state index contributed by atoms with van der Waals surface area (Å²) in [7, 11) is 0. The predicted molar refractivity (Wildman–Crippen MR) is 65.2 cm³/mol. The third-order valence-electron chi connectivity index (χ3n) is 3.33. The molecule has 0 bridgehead atoms. The molecule has 1 aliphatic heterocycles. The lowest BCUT2D eigenvalue weighted by Gasteiger charge is -2.34. The molecule has 1 heterocycles. The van der Waals surface area contributed by atoms with Crippen molar-refractivity contribution in [2.24, 2.45) is 5.41 Å². The van der Waals surface area contributed by atoms with E-state index in [0.717, 1.165) is 6.42 Å². The number of hydrogen-bond acceptors (Lipinski definition) is 3. The van der Waals surface area contributed by atoms with Crippen LogP contribution < -0.4 is 0 Å². The van der Waals surface area contributed by atoms with Crippen LogP contribution >= 0.6 is 0 Å². The van der Waals surface area contributed by atoms with Crippen LogP contribution in [0.3, 0.4) is 0 Å². The number of carbonyl (C=O) groups excluding carboxylic acids is 1. The lowest BCUT2D eigenvalue weighted by Crippen LogP contribution is -2.38. The molecule has 2 aliphatic rings. The topological polar surface area (TPSA) is 66.8 Å². The highest BCUT2D eigenvalue weighted by molar-refractivity contribution is 5.89. The maximum atomic E-state index is 11.9. The Hall–Kier alpha value is -1.52. The molecule has 5 nitrogen and oxygen atoms in total. The van der Waals surface area contributed by atoms with E-state index in [2.05, 4.69) is 0 Å². The van der Waals surface area contributed by atoms with E-state index in [0.29, 0.717) is 25.1 Å². The Balaban J connectivity index is 1.94. The van der Waals surface area contributed by atoms with E-state index in [-0.39, 0.29) is 11.5 Å². The summed E-state index contributed by atoms with van der Waals surface area (Å²) in [6.07, 6.45) is 2.86. The number of rotatable bonds is 1.